The van der Waals surface area contributed by atoms with Crippen molar-refractivity contribution in [2.75, 3.05) is 24.5 Å². The number of aryl methyl sites for hydroxylation is 1. The predicted octanol–water partition coefficient (Wildman–Crippen LogP) is 2.82. The molecule has 0 aromatic heterocycles. The molecule has 1 aromatic carbocycles. The van der Waals surface area contributed by atoms with Crippen LogP contribution in [0.4, 0.5) is 5.69 Å². The van der Waals surface area contributed by atoms with Gasteiger partial charge in [-0.2, -0.15) is 0 Å². The molecule has 0 bridgehead atoms. The number of rotatable bonds is 3. The van der Waals surface area contributed by atoms with Crippen molar-refractivity contribution in [3.8, 4) is 0 Å². The van der Waals surface area contributed by atoms with Crippen LogP contribution in [-0.2, 0) is 0 Å². The number of benzene rings is 1. The molecule has 0 spiro atoms. The van der Waals surface area contributed by atoms with Gasteiger partial charge in [-0.05, 0) is 37.4 Å². The van der Waals surface area contributed by atoms with Crippen LogP contribution in [0.2, 0.25) is 0 Å². The largest absolute Gasteiger partial charge is 0.371 e. The summed E-state index contributed by atoms with van der Waals surface area (Å²) < 4.78 is 0. The van der Waals surface area contributed by atoms with E-state index in [-0.39, 0.29) is 0 Å². The smallest absolute Gasteiger partial charge is 0.0396 e. The Balaban J connectivity index is 2.04. The highest BCUT2D eigenvalue weighted by Gasteiger charge is 2.25. The van der Waals surface area contributed by atoms with E-state index in [1.807, 2.05) is 0 Å². The minimum Gasteiger partial charge on any atom is -0.371 e. The second kappa shape index (κ2) is 5.54. The summed E-state index contributed by atoms with van der Waals surface area (Å²) >= 11 is 0. The number of nitrogens with zero attached hydrogens (tertiary/aromatic N) is 1. The molecule has 2 rings (SSSR count). The maximum atomic E-state index is 3.59. The van der Waals surface area contributed by atoms with Crippen LogP contribution in [0.3, 0.4) is 0 Å². The normalized spacial score (nSPS) is 25.0. The van der Waals surface area contributed by atoms with Gasteiger partial charge >= 0.3 is 0 Å². The quantitative estimate of drug-likeness (QED) is 0.862. The zero-order valence-corrected chi connectivity index (χ0v) is 11.2. The Morgan fingerprint density at radius 1 is 1.35 bits per heavy atom. The summed E-state index contributed by atoms with van der Waals surface area (Å²) in [5.41, 5.74) is 2.80. The molecule has 0 aliphatic carbocycles. The van der Waals surface area contributed by atoms with Gasteiger partial charge in [-0.25, -0.2) is 0 Å². The van der Waals surface area contributed by atoms with Gasteiger partial charge in [-0.15, -0.1) is 0 Å². The molecular weight excluding hydrogens is 208 g/mol. The first-order valence-electron chi connectivity index (χ1n) is 6.76. The van der Waals surface area contributed by atoms with Gasteiger partial charge < -0.3 is 10.2 Å². The summed E-state index contributed by atoms with van der Waals surface area (Å²) in [5, 5.41) is 3.59. The van der Waals surface area contributed by atoms with Crippen LogP contribution in [0.5, 0.6) is 0 Å². The summed E-state index contributed by atoms with van der Waals surface area (Å²) in [4.78, 5) is 2.54. The number of hydrogen-bond donors (Lipinski definition) is 1. The second-order valence-corrected chi connectivity index (χ2v) is 5.16. The molecule has 1 aliphatic rings. The Morgan fingerprint density at radius 3 is 2.76 bits per heavy atom. The van der Waals surface area contributed by atoms with E-state index in [2.05, 4.69) is 55.3 Å². The first kappa shape index (κ1) is 12.4. The highest BCUT2D eigenvalue weighted by atomic mass is 15.2. The molecule has 0 amide bonds. The fraction of sp³-hybridized carbons (Fsp3) is 0.600. The van der Waals surface area contributed by atoms with E-state index in [1.54, 1.807) is 0 Å². The standard InChI is InChI=1S/C15H24N2/c1-4-16-14-9-10-17(11-13(14)3)15-8-6-5-7-12(15)2/h5-8,13-14,16H,4,9-11H2,1-3H3. The zero-order chi connectivity index (χ0) is 12.3. The van der Waals surface area contributed by atoms with E-state index in [9.17, 15) is 0 Å². The number of hydrogen-bond acceptors (Lipinski definition) is 2. The third-order valence-electron chi connectivity index (χ3n) is 3.83. The van der Waals surface area contributed by atoms with Gasteiger partial charge in [0, 0.05) is 24.8 Å². The molecule has 0 saturated carbocycles. The number of nitrogens with one attached hydrogen (secondary N) is 1. The van der Waals surface area contributed by atoms with Crippen LogP contribution in [0.1, 0.15) is 25.8 Å². The SMILES string of the molecule is CCNC1CCN(c2ccccc2C)CC1C. The summed E-state index contributed by atoms with van der Waals surface area (Å²) in [5.74, 6) is 0.725. The lowest BCUT2D eigenvalue weighted by atomic mass is 9.93. The number of para-hydroxylation sites is 1. The molecule has 1 N–H and O–H groups in total. The Kier molecular flexibility index (Phi) is 4.06. The van der Waals surface area contributed by atoms with Gasteiger partial charge in [-0.1, -0.05) is 32.0 Å². The monoisotopic (exact) mass is 232 g/mol. The van der Waals surface area contributed by atoms with Crippen molar-refractivity contribution in [1.82, 2.24) is 5.32 Å². The van der Waals surface area contributed by atoms with Gasteiger partial charge in [0.2, 0.25) is 0 Å². The van der Waals surface area contributed by atoms with Crippen LogP contribution in [0.25, 0.3) is 0 Å². The highest BCUT2D eigenvalue weighted by Crippen LogP contribution is 2.25. The van der Waals surface area contributed by atoms with E-state index in [1.165, 1.54) is 30.8 Å². The van der Waals surface area contributed by atoms with Gasteiger partial charge in [0.1, 0.15) is 0 Å². The molecule has 2 heteroatoms. The van der Waals surface area contributed by atoms with Gasteiger partial charge in [0.25, 0.3) is 0 Å². The van der Waals surface area contributed by atoms with E-state index in [4.69, 9.17) is 0 Å². The summed E-state index contributed by atoms with van der Waals surface area (Å²) in [6.45, 7) is 10.2. The van der Waals surface area contributed by atoms with Crippen molar-refractivity contribution in [1.29, 1.82) is 0 Å². The van der Waals surface area contributed by atoms with Gasteiger partial charge in [0.05, 0.1) is 0 Å². The Morgan fingerprint density at radius 2 is 2.12 bits per heavy atom. The molecule has 17 heavy (non-hydrogen) atoms. The minimum absolute atomic E-state index is 0.695. The van der Waals surface area contributed by atoms with Crippen molar-refractivity contribution >= 4 is 5.69 Å². The molecule has 2 unspecified atom stereocenters. The highest BCUT2D eigenvalue weighted by molar-refractivity contribution is 5.53. The van der Waals surface area contributed by atoms with Crippen molar-refractivity contribution in [3.63, 3.8) is 0 Å². The third-order valence-corrected chi connectivity index (χ3v) is 3.83. The molecule has 2 nitrogen and oxygen atoms in total. The topological polar surface area (TPSA) is 15.3 Å². The molecule has 1 saturated heterocycles. The summed E-state index contributed by atoms with van der Waals surface area (Å²) in [6, 6.07) is 9.41. The molecule has 1 aromatic rings. The number of anilines is 1. The fourth-order valence-corrected chi connectivity index (χ4v) is 2.85. The Bertz CT molecular complexity index is 362. The molecule has 1 heterocycles. The molecule has 0 radical (unpaired) electrons. The van der Waals surface area contributed by atoms with E-state index >= 15 is 0 Å². The van der Waals surface area contributed by atoms with Crippen LogP contribution in [0, 0.1) is 12.8 Å². The fourth-order valence-electron chi connectivity index (χ4n) is 2.85. The maximum absolute atomic E-state index is 3.59. The number of piperidine rings is 1. The minimum atomic E-state index is 0.695. The van der Waals surface area contributed by atoms with E-state index < -0.39 is 0 Å². The predicted molar refractivity (Wildman–Crippen MR) is 74.6 cm³/mol. The lowest BCUT2D eigenvalue weighted by molar-refractivity contribution is 0.326. The molecule has 1 fully saturated rings. The van der Waals surface area contributed by atoms with Crippen molar-refractivity contribution < 1.29 is 0 Å². The van der Waals surface area contributed by atoms with Gasteiger partial charge in [0.15, 0.2) is 0 Å². The third kappa shape index (κ3) is 2.81. The lowest BCUT2D eigenvalue weighted by Crippen LogP contribution is -2.48. The van der Waals surface area contributed by atoms with Crippen molar-refractivity contribution in [2.45, 2.75) is 33.2 Å². The Labute approximate surface area is 105 Å². The van der Waals surface area contributed by atoms with E-state index in [0.717, 1.165) is 12.5 Å². The summed E-state index contributed by atoms with van der Waals surface area (Å²) in [6.07, 6.45) is 1.25. The van der Waals surface area contributed by atoms with Gasteiger partial charge in [-0.3, -0.25) is 0 Å². The Hall–Kier alpha value is -1.02. The molecular formula is C15H24N2. The van der Waals surface area contributed by atoms with Crippen molar-refractivity contribution in [3.05, 3.63) is 29.8 Å². The van der Waals surface area contributed by atoms with Crippen LogP contribution in [0.15, 0.2) is 24.3 Å². The molecule has 94 valence electrons. The average molecular weight is 232 g/mol. The van der Waals surface area contributed by atoms with Crippen LogP contribution in [-0.4, -0.2) is 25.7 Å². The maximum Gasteiger partial charge on any atom is 0.0396 e. The summed E-state index contributed by atoms with van der Waals surface area (Å²) in [7, 11) is 0. The van der Waals surface area contributed by atoms with Crippen molar-refractivity contribution in [2.24, 2.45) is 5.92 Å². The van der Waals surface area contributed by atoms with Crippen LogP contribution < -0.4 is 10.2 Å². The second-order valence-electron chi connectivity index (χ2n) is 5.16. The average Bonchev–Trinajstić information content (AvgIpc) is 2.33. The first-order valence-corrected chi connectivity index (χ1v) is 6.76. The molecule has 2 atom stereocenters. The molecule has 1 aliphatic heterocycles. The first-order chi connectivity index (χ1) is 8.22. The van der Waals surface area contributed by atoms with Crippen LogP contribution >= 0.6 is 0 Å². The zero-order valence-electron chi connectivity index (χ0n) is 11.2. The lowest BCUT2D eigenvalue weighted by Gasteiger charge is -2.39. The van der Waals surface area contributed by atoms with E-state index in [0.29, 0.717) is 6.04 Å².